The molecule has 0 aliphatic carbocycles. The van der Waals surface area contributed by atoms with E-state index in [2.05, 4.69) is 20.5 Å². The van der Waals surface area contributed by atoms with Gasteiger partial charge in [0.1, 0.15) is 12.0 Å². The van der Waals surface area contributed by atoms with Crippen LogP contribution in [0.2, 0.25) is 0 Å². The summed E-state index contributed by atoms with van der Waals surface area (Å²) in [5.74, 6) is 0.723. The second kappa shape index (κ2) is 6.44. The van der Waals surface area contributed by atoms with Gasteiger partial charge in [-0.3, -0.25) is 15.0 Å². The predicted molar refractivity (Wildman–Crippen MR) is 73.4 cm³/mol. The minimum absolute atomic E-state index is 0.0326. The lowest BCUT2D eigenvalue weighted by atomic mass is 10.2. The first kappa shape index (κ1) is 13.7. The summed E-state index contributed by atoms with van der Waals surface area (Å²) >= 11 is 0. The molecule has 2 N–H and O–H groups in total. The summed E-state index contributed by atoms with van der Waals surface area (Å²) < 4.78 is 0. The molecule has 0 bridgehead atoms. The van der Waals surface area contributed by atoms with Gasteiger partial charge in [0, 0.05) is 45.3 Å². The van der Waals surface area contributed by atoms with Gasteiger partial charge < -0.3 is 10.6 Å². The number of hydrogen-bond acceptors (Lipinski definition) is 6. The van der Waals surface area contributed by atoms with Crippen molar-refractivity contribution in [3.63, 3.8) is 0 Å². The first-order valence-corrected chi connectivity index (χ1v) is 6.45. The number of pyridine rings is 1. The molecule has 0 saturated carbocycles. The molecule has 1 aromatic rings. The third-order valence-corrected chi connectivity index (χ3v) is 3.20. The van der Waals surface area contributed by atoms with Crippen LogP contribution in [0.1, 0.15) is 5.56 Å². The van der Waals surface area contributed by atoms with Crippen LogP contribution >= 0.6 is 0 Å². The van der Waals surface area contributed by atoms with E-state index in [0.717, 1.165) is 50.6 Å². The number of hydrogen-bond donors (Lipinski definition) is 2. The van der Waals surface area contributed by atoms with Crippen molar-refractivity contribution in [3.8, 4) is 0 Å². The monoisotopic (exact) mass is 265 g/mol. The van der Waals surface area contributed by atoms with Crippen molar-refractivity contribution in [2.45, 2.75) is 6.92 Å². The quantitative estimate of drug-likeness (QED) is 0.599. The highest BCUT2D eigenvalue weighted by molar-refractivity contribution is 5.48. The third kappa shape index (κ3) is 3.87. The van der Waals surface area contributed by atoms with Crippen molar-refractivity contribution in [1.29, 1.82) is 0 Å². The molecule has 7 nitrogen and oxygen atoms in total. The van der Waals surface area contributed by atoms with Crippen molar-refractivity contribution in [3.05, 3.63) is 27.9 Å². The Morgan fingerprint density at radius 2 is 2.26 bits per heavy atom. The molecule has 1 aliphatic heterocycles. The summed E-state index contributed by atoms with van der Waals surface area (Å²) in [5.41, 5.74) is 0.833. The maximum Gasteiger partial charge on any atom is 0.287 e. The van der Waals surface area contributed by atoms with Crippen molar-refractivity contribution in [2.75, 3.05) is 44.6 Å². The zero-order valence-electron chi connectivity index (χ0n) is 11.1. The lowest BCUT2D eigenvalue weighted by Crippen LogP contribution is -2.45. The van der Waals surface area contributed by atoms with Gasteiger partial charge in [-0.15, -0.1) is 0 Å². The van der Waals surface area contributed by atoms with E-state index in [1.165, 1.54) is 6.20 Å². The molecule has 0 radical (unpaired) electrons. The van der Waals surface area contributed by atoms with Gasteiger partial charge in [0.25, 0.3) is 5.69 Å². The molecule has 0 unspecified atom stereocenters. The molecule has 1 aliphatic rings. The summed E-state index contributed by atoms with van der Waals surface area (Å²) in [7, 11) is 0. The Labute approximate surface area is 112 Å². The first-order valence-electron chi connectivity index (χ1n) is 6.45. The number of aryl methyl sites for hydroxylation is 1. The highest BCUT2D eigenvalue weighted by atomic mass is 16.6. The Balaban J connectivity index is 1.83. The number of anilines is 1. The van der Waals surface area contributed by atoms with Crippen LogP contribution in [0.3, 0.4) is 0 Å². The molecular weight excluding hydrogens is 246 g/mol. The van der Waals surface area contributed by atoms with Crippen LogP contribution < -0.4 is 10.6 Å². The number of nitrogens with zero attached hydrogens (tertiary/aromatic N) is 3. The van der Waals surface area contributed by atoms with E-state index >= 15 is 0 Å². The Morgan fingerprint density at radius 3 is 2.89 bits per heavy atom. The van der Waals surface area contributed by atoms with Crippen LogP contribution in [0.25, 0.3) is 0 Å². The molecule has 19 heavy (non-hydrogen) atoms. The van der Waals surface area contributed by atoms with Gasteiger partial charge in [-0.25, -0.2) is 4.98 Å². The number of nitrogens with one attached hydrogen (secondary N) is 2. The van der Waals surface area contributed by atoms with E-state index in [-0.39, 0.29) is 5.69 Å². The molecule has 1 saturated heterocycles. The average molecular weight is 265 g/mol. The highest BCUT2D eigenvalue weighted by Gasteiger charge is 2.11. The van der Waals surface area contributed by atoms with E-state index in [1.54, 1.807) is 6.07 Å². The number of piperazine rings is 1. The Hall–Kier alpha value is -1.73. The Bertz CT molecular complexity index is 446. The Kier molecular flexibility index (Phi) is 4.64. The largest absolute Gasteiger partial charge is 0.369 e. The zero-order valence-corrected chi connectivity index (χ0v) is 11.1. The lowest BCUT2D eigenvalue weighted by Gasteiger charge is -2.27. The van der Waals surface area contributed by atoms with Crippen LogP contribution in [0.5, 0.6) is 0 Å². The molecular formula is C12H19N5O2. The van der Waals surface area contributed by atoms with Crippen molar-refractivity contribution < 1.29 is 4.92 Å². The molecule has 7 heteroatoms. The van der Waals surface area contributed by atoms with Crippen LogP contribution in [0, 0.1) is 17.0 Å². The smallest absolute Gasteiger partial charge is 0.287 e. The SMILES string of the molecule is Cc1cc([N+](=O)[O-])cnc1NCCN1CCNCC1. The summed E-state index contributed by atoms with van der Waals surface area (Å²) in [6, 6.07) is 1.54. The van der Waals surface area contributed by atoms with Gasteiger partial charge in [0.15, 0.2) is 0 Å². The number of rotatable bonds is 5. The molecule has 0 amide bonds. The van der Waals surface area contributed by atoms with Gasteiger partial charge in [-0.2, -0.15) is 0 Å². The minimum atomic E-state index is -0.426. The van der Waals surface area contributed by atoms with E-state index < -0.39 is 4.92 Å². The van der Waals surface area contributed by atoms with E-state index in [4.69, 9.17) is 0 Å². The Morgan fingerprint density at radius 1 is 1.53 bits per heavy atom. The summed E-state index contributed by atoms with van der Waals surface area (Å²) in [5, 5.41) is 17.2. The van der Waals surface area contributed by atoms with Crippen LogP contribution in [0.15, 0.2) is 12.3 Å². The molecule has 0 atom stereocenters. The molecule has 0 aromatic carbocycles. The van der Waals surface area contributed by atoms with Crippen molar-refractivity contribution in [1.82, 2.24) is 15.2 Å². The summed E-state index contributed by atoms with van der Waals surface area (Å²) in [6.45, 7) is 7.78. The van der Waals surface area contributed by atoms with Gasteiger partial charge in [0.2, 0.25) is 0 Å². The second-order valence-corrected chi connectivity index (χ2v) is 4.63. The third-order valence-electron chi connectivity index (χ3n) is 3.20. The maximum absolute atomic E-state index is 10.6. The standard InChI is InChI=1S/C12H19N5O2/c1-10-8-11(17(18)19)9-15-12(10)14-4-7-16-5-2-13-3-6-16/h8-9,13H,2-7H2,1H3,(H,14,15). The topological polar surface area (TPSA) is 83.3 Å². The molecule has 0 spiro atoms. The van der Waals surface area contributed by atoms with Crippen LogP contribution in [-0.2, 0) is 0 Å². The molecule has 1 fully saturated rings. The van der Waals surface area contributed by atoms with Crippen molar-refractivity contribution >= 4 is 11.5 Å². The van der Waals surface area contributed by atoms with E-state index in [9.17, 15) is 10.1 Å². The minimum Gasteiger partial charge on any atom is -0.369 e. The van der Waals surface area contributed by atoms with Crippen LogP contribution in [-0.4, -0.2) is 54.1 Å². The number of aromatic nitrogens is 1. The van der Waals surface area contributed by atoms with Crippen LogP contribution in [0.4, 0.5) is 11.5 Å². The average Bonchev–Trinajstić information content (AvgIpc) is 2.41. The second-order valence-electron chi connectivity index (χ2n) is 4.63. The molecule has 104 valence electrons. The van der Waals surface area contributed by atoms with Gasteiger partial charge >= 0.3 is 0 Å². The van der Waals surface area contributed by atoms with Gasteiger partial charge in [-0.1, -0.05) is 0 Å². The summed E-state index contributed by atoms with van der Waals surface area (Å²) in [6.07, 6.45) is 1.29. The fourth-order valence-electron chi connectivity index (χ4n) is 2.11. The summed E-state index contributed by atoms with van der Waals surface area (Å²) in [4.78, 5) is 16.7. The normalized spacial score (nSPS) is 16.3. The maximum atomic E-state index is 10.6. The zero-order chi connectivity index (χ0) is 13.7. The van der Waals surface area contributed by atoms with Gasteiger partial charge in [-0.05, 0) is 12.5 Å². The fraction of sp³-hybridized carbons (Fsp3) is 0.583. The van der Waals surface area contributed by atoms with Gasteiger partial charge in [0.05, 0.1) is 4.92 Å². The van der Waals surface area contributed by atoms with E-state index in [0.29, 0.717) is 0 Å². The molecule has 1 aromatic heterocycles. The highest BCUT2D eigenvalue weighted by Crippen LogP contribution is 2.17. The lowest BCUT2D eigenvalue weighted by molar-refractivity contribution is -0.385. The number of nitro groups is 1. The van der Waals surface area contributed by atoms with E-state index in [1.807, 2.05) is 6.92 Å². The fourth-order valence-corrected chi connectivity index (χ4v) is 2.11. The van der Waals surface area contributed by atoms with Crippen molar-refractivity contribution in [2.24, 2.45) is 0 Å². The molecule has 2 rings (SSSR count). The first-order chi connectivity index (χ1) is 9.16. The molecule has 2 heterocycles. The predicted octanol–water partition coefficient (Wildman–Crippen LogP) is 0.615.